The summed E-state index contributed by atoms with van der Waals surface area (Å²) >= 11 is 0. The average Bonchev–Trinajstić information content (AvgIpc) is 3.13. The number of carboxylic acids is 1. The lowest BCUT2D eigenvalue weighted by atomic mass is 9.83. The topological polar surface area (TPSA) is 70.3 Å². The van der Waals surface area contributed by atoms with Gasteiger partial charge in [-0.3, -0.25) is 4.79 Å². The molecule has 1 aliphatic rings. The van der Waals surface area contributed by atoms with Crippen LogP contribution in [0.3, 0.4) is 0 Å². The van der Waals surface area contributed by atoms with Crippen molar-refractivity contribution in [3.05, 3.63) is 72.3 Å². The monoisotopic (exact) mass is 397 g/mol. The molecule has 0 radical (unpaired) electrons. The maximum Gasteiger partial charge on any atom is 0.316 e. The Hall–Kier alpha value is -3.20. The number of benzene rings is 2. The molecule has 2 atom stereocenters. The molecule has 4 nitrogen and oxygen atoms in total. The van der Waals surface area contributed by atoms with Gasteiger partial charge in [-0.25, -0.2) is 8.78 Å². The fourth-order valence-corrected chi connectivity index (χ4v) is 4.85. The zero-order valence-corrected chi connectivity index (χ0v) is 16.2. The van der Waals surface area contributed by atoms with Crippen molar-refractivity contribution in [1.29, 1.82) is 5.26 Å². The lowest BCUT2D eigenvalue weighted by molar-refractivity contribution is -0.145. The Labute approximate surface area is 168 Å². The van der Waals surface area contributed by atoms with Crippen LogP contribution in [0.1, 0.15) is 19.4 Å². The number of rotatable bonds is 7. The molecule has 0 saturated heterocycles. The minimum atomic E-state index is -2.96. The van der Waals surface area contributed by atoms with Gasteiger partial charge in [0.05, 0.1) is 11.5 Å². The number of carbonyl (C=O) groups is 1. The summed E-state index contributed by atoms with van der Waals surface area (Å²) in [5.74, 6) is -0.402. The van der Waals surface area contributed by atoms with Crippen LogP contribution in [0, 0.1) is 27.6 Å². The van der Waals surface area contributed by atoms with Crippen LogP contribution < -0.4 is 4.74 Å². The fourth-order valence-electron chi connectivity index (χ4n) is 4.85. The molecule has 0 aliphatic heterocycles. The summed E-state index contributed by atoms with van der Waals surface area (Å²) in [6, 6.07) is 17.4. The van der Waals surface area contributed by atoms with Gasteiger partial charge >= 0.3 is 5.97 Å². The molecule has 0 amide bonds. The number of hydrogen-bond donors (Lipinski definition) is 1. The van der Waals surface area contributed by atoms with E-state index in [0.717, 1.165) is 0 Å². The molecule has 1 saturated carbocycles. The Morgan fingerprint density at radius 3 is 2.34 bits per heavy atom. The van der Waals surface area contributed by atoms with Crippen molar-refractivity contribution in [2.24, 2.45) is 16.2 Å². The first-order valence-electron chi connectivity index (χ1n) is 9.08. The van der Waals surface area contributed by atoms with Crippen LogP contribution in [-0.4, -0.2) is 17.5 Å². The van der Waals surface area contributed by atoms with E-state index in [1.807, 2.05) is 18.2 Å². The highest BCUT2D eigenvalue weighted by Crippen LogP contribution is 2.83. The smallest absolute Gasteiger partial charge is 0.316 e. The SMILES string of the molecule is C=C(C#N)C1(C(=O)O)C(C)(C)C1(Cc1cccc(Oc2ccccc2)c1)C(F)F. The highest BCUT2D eigenvalue weighted by atomic mass is 19.3. The number of aliphatic carboxylic acids is 1. The Morgan fingerprint density at radius 1 is 1.17 bits per heavy atom. The van der Waals surface area contributed by atoms with Crippen LogP contribution in [0.25, 0.3) is 0 Å². The predicted molar refractivity (Wildman–Crippen MR) is 104 cm³/mol. The van der Waals surface area contributed by atoms with Gasteiger partial charge in [-0.15, -0.1) is 0 Å². The van der Waals surface area contributed by atoms with Crippen molar-refractivity contribution in [3.63, 3.8) is 0 Å². The second-order valence-corrected chi connectivity index (χ2v) is 7.78. The van der Waals surface area contributed by atoms with Gasteiger partial charge in [0.2, 0.25) is 6.43 Å². The van der Waals surface area contributed by atoms with E-state index in [0.29, 0.717) is 17.1 Å². The predicted octanol–water partition coefficient (Wildman–Crippen LogP) is 5.46. The summed E-state index contributed by atoms with van der Waals surface area (Å²) < 4.78 is 34.6. The van der Waals surface area contributed by atoms with Gasteiger partial charge in [0.1, 0.15) is 16.9 Å². The number of alkyl halides is 2. The molecule has 2 unspecified atom stereocenters. The molecular formula is C23H21F2NO3. The molecule has 29 heavy (non-hydrogen) atoms. The third-order valence-electron chi connectivity index (χ3n) is 6.30. The number of nitrogens with zero attached hydrogens (tertiary/aromatic N) is 1. The minimum absolute atomic E-state index is 0.226. The molecular weight excluding hydrogens is 376 g/mol. The number of halogens is 2. The van der Waals surface area contributed by atoms with Gasteiger partial charge in [0.25, 0.3) is 0 Å². The van der Waals surface area contributed by atoms with Crippen LogP contribution >= 0.6 is 0 Å². The van der Waals surface area contributed by atoms with Gasteiger partial charge in [-0.2, -0.15) is 5.26 Å². The summed E-state index contributed by atoms with van der Waals surface area (Å²) in [6.45, 7) is 6.43. The normalized spacial score (nSPS) is 24.6. The number of hydrogen-bond acceptors (Lipinski definition) is 3. The molecule has 2 aromatic carbocycles. The van der Waals surface area contributed by atoms with Crippen molar-refractivity contribution < 1.29 is 23.4 Å². The number of nitriles is 1. The molecule has 1 aliphatic carbocycles. The molecule has 0 bridgehead atoms. The maximum atomic E-state index is 14.4. The summed E-state index contributed by atoms with van der Waals surface area (Å²) in [5.41, 5.74) is -5.19. The number of carboxylic acid groups (broad SMARTS) is 1. The molecule has 1 fully saturated rings. The standard InChI is InChI=1S/C23H21F2NO3/c1-15(14-26)23(20(27)28)21(2,3)22(23,19(24)25)13-16-8-7-11-18(12-16)29-17-9-5-4-6-10-17/h4-12,19H,1,13H2,2-3H3,(H,27,28). The maximum absolute atomic E-state index is 14.4. The van der Waals surface area contributed by atoms with Crippen LogP contribution in [0.5, 0.6) is 11.5 Å². The zero-order chi connectivity index (χ0) is 21.4. The molecule has 0 heterocycles. The second-order valence-electron chi connectivity index (χ2n) is 7.78. The number of para-hydroxylation sites is 1. The lowest BCUT2D eigenvalue weighted by Gasteiger charge is -2.22. The Morgan fingerprint density at radius 2 is 1.79 bits per heavy atom. The molecule has 3 rings (SSSR count). The first-order chi connectivity index (χ1) is 13.6. The molecule has 2 aromatic rings. The fraction of sp³-hybridized carbons (Fsp3) is 0.304. The quantitative estimate of drug-likeness (QED) is 0.630. The van der Waals surface area contributed by atoms with Crippen molar-refractivity contribution in [1.82, 2.24) is 0 Å². The zero-order valence-electron chi connectivity index (χ0n) is 16.2. The van der Waals surface area contributed by atoms with Crippen molar-refractivity contribution in [2.75, 3.05) is 0 Å². The van der Waals surface area contributed by atoms with Crippen molar-refractivity contribution >= 4 is 5.97 Å². The van der Waals surface area contributed by atoms with Crippen LogP contribution in [0.4, 0.5) is 8.78 Å². The molecule has 6 heteroatoms. The summed E-state index contributed by atoms with van der Waals surface area (Å²) in [5, 5.41) is 19.2. The van der Waals surface area contributed by atoms with Gasteiger partial charge in [0, 0.05) is 5.57 Å². The van der Waals surface area contributed by atoms with E-state index in [2.05, 4.69) is 6.58 Å². The van der Waals surface area contributed by atoms with E-state index in [9.17, 15) is 23.9 Å². The molecule has 1 N–H and O–H groups in total. The summed E-state index contributed by atoms with van der Waals surface area (Å²) in [6.07, 6.45) is -3.19. The Bertz CT molecular complexity index is 997. The van der Waals surface area contributed by atoms with E-state index >= 15 is 0 Å². The van der Waals surface area contributed by atoms with E-state index < -0.39 is 28.6 Å². The first-order valence-corrected chi connectivity index (χ1v) is 9.08. The Balaban J connectivity index is 2.01. The molecule has 0 spiro atoms. The third-order valence-corrected chi connectivity index (χ3v) is 6.30. The lowest BCUT2D eigenvalue weighted by Crippen LogP contribution is -2.31. The van der Waals surface area contributed by atoms with Gasteiger partial charge in [0.15, 0.2) is 0 Å². The van der Waals surface area contributed by atoms with Crippen LogP contribution in [-0.2, 0) is 11.2 Å². The second kappa shape index (κ2) is 7.00. The van der Waals surface area contributed by atoms with Gasteiger partial charge < -0.3 is 9.84 Å². The van der Waals surface area contributed by atoms with E-state index in [1.54, 1.807) is 42.5 Å². The van der Waals surface area contributed by atoms with Gasteiger partial charge in [-0.1, -0.05) is 50.8 Å². The van der Waals surface area contributed by atoms with Crippen LogP contribution in [0.15, 0.2) is 66.7 Å². The van der Waals surface area contributed by atoms with Gasteiger partial charge in [-0.05, 0) is 41.7 Å². The Kier molecular flexibility index (Phi) is 4.96. The van der Waals surface area contributed by atoms with Crippen LogP contribution in [0.2, 0.25) is 0 Å². The number of ether oxygens (including phenoxy) is 1. The average molecular weight is 397 g/mol. The molecule has 150 valence electrons. The first kappa shape index (κ1) is 20.5. The van der Waals surface area contributed by atoms with E-state index in [1.165, 1.54) is 13.8 Å². The van der Waals surface area contributed by atoms with Crippen molar-refractivity contribution in [2.45, 2.75) is 26.7 Å². The van der Waals surface area contributed by atoms with E-state index in [4.69, 9.17) is 4.74 Å². The van der Waals surface area contributed by atoms with Crippen molar-refractivity contribution in [3.8, 4) is 17.6 Å². The summed E-state index contributed by atoms with van der Waals surface area (Å²) in [4.78, 5) is 12.1. The largest absolute Gasteiger partial charge is 0.481 e. The van der Waals surface area contributed by atoms with E-state index in [-0.39, 0.29) is 12.0 Å². The highest BCUT2D eigenvalue weighted by Gasteiger charge is 2.90. The molecule has 0 aromatic heterocycles. The minimum Gasteiger partial charge on any atom is -0.481 e. The third kappa shape index (κ3) is 2.72. The summed E-state index contributed by atoms with van der Waals surface area (Å²) in [7, 11) is 0. The highest BCUT2D eigenvalue weighted by molar-refractivity contribution is 5.88.